The molecule has 0 amide bonds. The first-order valence-corrected chi connectivity index (χ1v) is 9.91. The Kier molecular flexibility index (Phi) is 4.86. The van der Waals surface area contributed by atoms with Crippen molar-refractivity contribution < 1.29 is 4.74 Å². The maximum absolute atomic E-state index is 6.47. The van der Waals surface area contributed by atoms with Crippen LogP contribution in [0.25, 0.3) is 0 Å². The number of aryl methyl sites for hydroxylation is 1. The molecule has 4 rings (SSSR count). The second kappa shape index (κ2) is 7.28. The average Bonchev–Trinajstić information content (AvgIpc) is 2.64. The van der Waals surface area contributed by atoms with E-state index in [0.717, 1.165) is 0 Å². The Morgan fingerprint density at radius 1 is 0.885 bits per heavy atom. The third-order valence-corrected chi connectivity index (χ3v) is 5.65. The molecule has 0 spiro atoms. The summed E-state index contributed by atoms with van der Waals surface area (Å²) >= 11 is 0. The molecule has 4 unspecified atom stereocenters. The summed E-state index contributed by atoms with van der Waals surface area (Å²) in [6.45, 7) is 6.55. The zero-order valence-electron chi connectivity index (χ0n) is 16.1. The van der Waals surface area contributed by atoms with Crippen molar-refractivity contribution in [1.82, 2.24) is 0 Å². The lowest BCUT2D eigenvalue weighted by molar-refractivity contribution is -0.00640. The molecular formula is C24H29NO. The van der Waals surface area contributed by atoms with Gasteiger partial charge >= 0.3 is 0 Å². The molecule has 0 saturated carbocycles. The first kappa shape index (κ1) is 17.4. The summed E-state index contributed by atoms with van der Waals surface area (Å²) in [5.74, 6) is 0. The minimum atomic E-state index is 0.108. The van der Waals surface area contributed by atoms with Crippen LogP contribution < -0.4 is 4.90 Å². The van der Waals surface area contributed by atoms with E-state index in [2.05, 4.69) is 86.4 Å². The van der Waals surface area contributed by atoms with Crippen molar-refractivity contribution in [2.45, 2.75) is 64.3 Å². The van der Waals surface area contributed by atoms with Gasteiger partial charge in [0.05, 0.1) is 12.1 Å². The number of ether oxygens (including phenoxy) is 1. The number of fused-ring (bicyclic) bond motifs is 2. The van der Waals surface area contributed by atoms with Crippen LogP contribution in [0.4, 0.5) is 5.69 Å². The van der Waals surface area contributed by atoms with Crippen molar-refractivity contribution in [3.05, 3.63) is 77.4 Å². The molecule has 3 aliphatic rings. The summed E-state index contributed by atoms with van der Waals surface area (Å²) < 4.78 is 6.47. The lowest BCUT2D eigenvalue weighted by atomic mass is 9.89. The number of rotatable bonds is 4. The summed E-state index contributed by atoms with van der Waals surface area (Å²) in [4.78, 5) is 2.54. The fourth-order valence-corrected chi connectivity index (χ4v) is 4.23. The molecule has 4 atom stereocenters. The Bertz CT molecular complexity index is 728. The average molecular weight is 348 g/mol. The normalized spacial score (nSPS) is 29.7. The predicted molar refractivity (Wildman–Crippen MR) is 110 cm³/mol. The summed E-state index contributed by atoms with van der Waals surface area (Å²) in [5, 5.41) is 0. The van der Waals surface area contributed by atoms with Crippen molar-refractivity contribution in [3.8, 4) is 0 Å². The first-order chi connectivity index (χ1) is 12.7. The Morgan fingerprint density at radius 3 is 2.00 bits per heavy atom. The van der Waals surface area contributed by atoms with Crippen LogP contribution in [0.3, 0.4) is 0 Å². The van der Waals surface area contributed by atoms with E-state index in [1.54, 1.807) is 0 Å². The molecule has 2 nitrogen and oxygen atoms in total. The molecule has 0 aromatic heterocycles. The van der Waals surface area contributed by atoms with Gasteiger partial charge in [0.1, 0.15) is 12.2 Å². The molecule has 2 heteroatoms. The van der Waals surface area contributed by atoms with Crippen molar-refractivity contribution in [2.75, 3.05) is 4.90 Å². The van der Waals surface area contributed by atoms with Crippen LogP contribution in [0, 0.1) is 0 Å². The highest BCUT2D eigenvalue weighted by molar-refractivity contribution is 5.56. The number of nitrogens with zero attached hydrogens (tertiary/aromatic N) is 1. The standard InChI is InChI=1S/C24H29NO/c1-4-5-6-19-9-11-20(12-10-19)25-21-13-7-17(2)15-23(21)26-24-16-18(3)8-14-22(24)25/h7-16,21-24H,4-6H2,1-3H3. The number of morpholine rings is 1. The zero-order valence-corrected chi connectivity index (χ0v) is 16.1. The summed E-state index contributed by atoms with van der Waals surface area (Å²) in [6, 6.07) is 9.68. The molecule has 1 saturated heterocycles. The lowest BCUT2D eigenvalue weighted by Gasteiger charge is -2.50. The van der Waals surface area contributed by atoms with Gasteiger partial charge in [0.25, 0.3) is 0 Å². The molecule has 1 aromatic rings. The molecule has 0 radical (unpaired) electrons. The second-order valence-corrected chi connectivity index (χ2v) is 7.76. The number of hydrogen-bond acceptors (Lipinski definition) is 2. The minimum Gasteiger partial charge on any atom is -0.362 e. The second-order valence-electron chi connectivity index (χ2n) is 7.76. The minimum absolute atomic E-state index is 0.108. The van der Waals surface area contributed by atoms with Crippen molar-refractivity contribution in [2.24, 2.45) is 0 Å². The van der Waals surface area contributed by atoms with E-state index in [1.165, 1.54) is 41.7 Å². The van der Waals surface area contributed by atoms with Gasteiger partial charge in [0.2, 0.25) is 0 Å². The van der Waals surface area contributed by atoms with Crippen molar-refractivity contribution >= 4 is 5.69 Å². The number of benzene rings is 1. The van der Waals surface area contributed by atoms with Crippen LogP contribution in [-0.4, -0.2) is 24.3 Å². The van der Waals surface area contributed by atoms with E-state index < -0.39 is 0 Å². The Hall–Kier alpha value is -2.06. The highest BCUT2D eigenvalue weighted by Crippen LogP contribution is 2.36. The van der Waals surface area contributed by atoms with Gasteiger partial charge in [-0.2, -0.15) is 0 Å². The van der Waals surface area contributed by atoms with Gasteiger partial charge in [-0.05, 0) is 44.4 Å². The number of allylic oxidation sites excluding steroid dienone is 4. The molecule has 2 aliphatic carbocycles. The maximum atomic E-state index is 6.47. The van der Waals surface area contributed by atoms with E-state index >= 15 is 0 Å². The topological polar surface area (TPSA) is 12.5 Å². The first-order valence-electron chi connectivity index (χ1n) is 9.91. The third-order valence-electron chi connectivity index (χ3n) is 5.65. The monoisotopic (exact) mass is 347 g/mol. The Balaban J connectivity index is 1.67. The van der Waals surface area contributed by atoms with Crippen molar-refractivity contribution in [1.29, 1.82) is 0 Å². The van der Waals surface area contributed by atoms with Crippen LogP contribution in [0.2, 0.25) is 0 Å². The largest absolute Gasteiger partial charge is 0.362 e. The van der Waals surface area contributed by atoms with Crippen LogP contribution >= 0.6 is 0 Å². The lowest BCUT2D eigenvalue weighted by Crippen LogP contribution is -2.60. The predicted octanol–water partition coefficient (Wildman–Crippen LogP) is 5.37. The fourth-order valence-electron chi connectivity index (χ4n) is 4.23. The van der Waals surface area contributed by atoms with Crippen molar-refractivity contribution in [3.63, 3.8) is 0 Å². The number of unbranched alkanes of at least 4 members (excludes halogenated alkanes) is 1. The molecule has 1 aliphatic heterocycles. The van der Waals surface area contributed by atoms with Gasteiger partial charge < -0.3 is 9.64 Å². The van der Waals surface area contributed by atoms with Gasteiger partial charge in [0, 0.05) is 5.69 Å². The molecule has 0 bridgehead atoms. The third kappa shape index (κ3) is 3.31. The molecule has 1 aromatic carbocycles. The summed E-state index contributed by atoms with van der Waals surface area (Å²) in [5.41, 5.74) is 5.29. The van der Waals surface area contributed by atoms with E-state index in [4.69, 9.17) is 4.74 Å². The van der Waals surface area contributed by atoms with Crippen LogP contribution in [0.5, 0.6) is 0 Å². The number of hydrogen-bond donors (Lipinski definition) is 0. The van der Waals surface area contributed by atoms with Crippen LogP contribution in [-0.2, 0) is 11.2 Å². The molecule has 136 valence electrons. The Morgan fingerprint density at radius 2 is 1.46 bits per heavy atom. The SMILES string of the molecule is CCCCc1ccc(N2C3C=CC(C)=CC3OC3C=C(C)C=CC32)cc1. The summed E-state index contributed by atoms with van der Waals surface area (Å²) in [6.07, 6.45) is 17.5. The van der Waals surface area contributed by atoms with E-state index in [0.29, 0.717) is 0 Å². The van der Waals surface area contributed by atoms with Gasteiger partial charge in [-0.15, -0.1) is 0 Å². The van der Waals surface area contributed by atoms with Crippen LogP contribution in [0.15, 0.2) is 71.9 Å². The zero-order chi connectivity index (χ0) is 18.1. The molecule has 26 heavy (non-hydrogen) atoms. The highest BCUT2D eigenvalue weighted by Gasteiger charge is 2.41. The van der Waals surface area contributed by atoms with E-state index in [1.807, 2.05) is 0 Å². The highest BCUT2D eigenvalue weighted by atomic mass is 16.5. The maximum Gasteiger partial charge on any atom is 0.101 e. The van der Waals surface area contributed by atoms with Gasteiger partial charge in [-0.1, -0.05) is 73.1 Å². The molecule has 1 heterocycles. The van der Waals surface area contributed by atoms with Gasteiger partial charge in [0.15, 0.2) is 0 Å². The number of anilines is 1. The molecule has 0 N–H and O–H groups in total. The van der Waals surface area contributed by atoms with Gasteiger partial charge in [-0.3, -0.25) is 0 Å². The molecule has 1 fully saturated rings. The van der Waals surface area contributed by atoms with Gasteiger partial charge in [-0.25, -0.2) is 0 Å². The Labute approximate surface area is 157 Å². The fraction of sp³-hybridized carbons (Fsp3) is 0.417. The smallest absolute Gasteiger partial charge is 0.101 e. The van der Waals surface area contributed by atoms with E-state index in [-0.39, 0.29) is 24.3 Å². The summed E-state index contributed by atoms with van der Waals surface area (Å²) in [7, 11) is 0. The van der Waals surface area contributed by atoms with Crippen LogP contribution in [0.1, 0.15) is 39.2 Å². The van der Waals surface area contributed by atoms with E-state index in [9.17, 15) is 0 Å². The molecular weight excluding hydrogens is 318 g/mol. The quantitative estimate of drug-likeness (QED) is 0.726.